The molecule has 3 heterocycles. The average Bonchev–Trinajstić information content (AvgIpc) is 3.31. The first-order valence-electron chi connectivity index (χ1n) is 10.4. The monoisotopic (exact) mass is 425 g/mol. The van der Waals surface area contributed by atoms with Crippen LogP contribution in [0.15, 0.2) is 35.8 Å². The normalized spacial score (nSPS) is 18.8. The molecule has 164 valence electrons. The molecule has 10 nitrogen and oxygen atoms in total. The zero-order valence-electron chi connectivity index (χ0n) is 18.0. The Labute approximate surface area is 179 Å². The Bertz CT molecular complexity index is 1120. The second-order valence-electron chi connectivity index (χ2n) is 8.05. The number of carbonyl (C=O) groups is 1. The lowest BCUT2D eigenvalue weighted by Gasteiger charge is -2.30. The molecule has 3 aromatic rings. The Morgan fingerprint density at radius 2 is 2.06 bits per heavy atom. The van der Waals surface area contributed by atoms with Crippen LogP contribution in [0, 0.1) is 0 Å². The Balaban J connectivity index is 1.49. The maximum absolute atomic E-state index is 12.5. The average molecular weight is 425 g/mol. The lowest BCUT2D eigenvalue weighted by molar-refractivity contribution is -0.136. The molecule has 0 aromatic carbocycles. The van der Waals surface area contributed by atoms with E-state index in [0.29, 0.717) is 22.7 Å². The molecule has 0 unspecified atom stereocenters. The number of hydrogen-bond donors (Lipinski definition) is 1. The highest BCUT2D eigenvalue weighted by atomic mass is 16.5. The van der Waals surface area contributed by atoms with E-state index in [0.717, 1.165) is 25.7 Å². The van der Waals surface area contributed by atoms with E-state index < -0.39 is 0 Å². The minimum atomic E-state index is -0.117. The van der Waals surface area contributed by atoms with Crippen LogP contribution in [0.1, 0.15) is 25.7 Å². The molecule has 1 N–H and O–H groups in total. The fourth-order valence-electron chi connectivity index (χ4n) is 3.74. The largest absolute Gasteiger partial charge is 0.380 e. The summed E-state index contributed by atoms with van der Waals surface area (Å²) in [6.07, 6.45) is 10.3. The summed E-state index contributed by atoms with van der Waals surface area (Å²) >= 11 is 0. The summed E-state index contributed by atoms with van der Waals surface area (Å²) in [5, 5.41) is 3.51. The van der Waals surface area contributed by atoms with E-state index in [-0.39, 0.29) is 30.2 Å². The zero-order valence-corrected chi connectivity index (χ0v) is 18.0. The first kappa shape index (κ1) is 21.0. The van der Waals surface area contributed by atoms with Crippen LogP contribution in [0.5, 0.6) is 0 Å². The van der Waals surface area contributed by atoms with Crippen molar-refractivity contribution in [2.45, 2.75) is 37.8 Å². The molecule has 1 aliphatic rings. The van der Waals surface area contributed by atoms with Crippen LogP contribution in [0.25, 0.3) is 17.0 Å². The summed E-state index contributed by atoms with van der Waals surface area (Å²) in [7, 11) is 5.16. The zero-order chi connectivity index (χ0) is 22.0. The lowest BCUT2D eigenvalue weighted by Crippen LogP contribution is -2.33. The number of ether oxygens (including phenoxy) is 1. The molecule has 1 fully saturated rings. The molecule has 1 aliphatic carbocycles. The maximum atomic E-state index is 12.5. The molecular formula is C21H27N7O3. The number of nitrogens with zero attached hydrogens (tertiary/aromatic N) is 6. The predicted octanol–water partition coefficient (Wildman–Crippen LogP) is 1.34. The fourth-order valence-corrected chi connectivity index (χ4v) is 3.74. The van der Waals surface area contributed by atoms with E-state index in [4.69, 9.17) is 4.74 Å². The van der Waals surface area contributed by atoms with Crippen molar-refractivity contribution in [1.29, 1.82) is 0 Å². The van der Waals surface area contributed by atoms with Gasteiger partial charge in [-0.3, -0.25) is 14.2 Å². The Hall–Kier alpha value is -3.27. The van der Waals surface area contributed by atoms with E-state index >= 15 is 0 Å². The van der Waals surface area contributed by atoms with Crippen LogP contribution in [-0.2, 0) is 16.6 Å². The van der Waals surface area contributed by atoms with Crippen LogP contribution in [0.3, 0.4) is 0 Å². The van der Waals surface area contributed by atoms with Crippen LogP contribution in [0.4, 0.5) is 5.69 Å². The van der Waals surface area contributed by atoms with E-state index in [1.54, 1.807) is 61.3 Å². The van der Waals surface area contributed by atoms with Crippen LogP contribution < -0.4 is 10.9 Å². The van der Waals surface area contributed by atoms with Gasteiger partial charge in [-0.15, -0.1) is 0 Å². The van der Waals surface area contributed by atoms with Gasteiger partial charge < -0.3 is 19.5 Å². The summed E-state index contributed by atoms with van der Waals surface area (Å²) in [6.45, 7) is 0.114. The fraction of sp³-hybridized carbons (Fsp3) is 0.476. The van der Waals surface area contributed by atoms with Gasteiger partial charge in [0.05, 0.1) is 23.5 Å². The molecule has 0 bridgehead atoms. The van der Waals surface area contributed by atoms with Crippen molar-refractivity contribution in [1.82, 2.24) is 29.0 Å². The van der Waals surface area contributed by atoms with Crippen molar-refractivity contribution in [2.75, 3.05) is 26.0 Å². The number of anilines is 1. The van der Waals surface area contributed by atoms with Crippen molar-refractivity contribution < 1.29 is 9.53 Å². The Kier molecular flexibility index (Phi) is 5.99. The number of rotatable bonds is 6. The number of hydrogen-bond acceptors (Lipinski definition) is 7. The third-order valence-corrected chi connectivity index (χ3v) is 5.68. The maximum Gasteiger partial charge on any atom is 0.252 e. The van der Waals surface area contributed by atoms with Crippen molar-refractivity contribution in [3.8, 4) is 5.95 Å². The lowest BCUT2D eigenvalue weighted by atomic mass is 9.92. The number of aryl methyl sites for hydroxylation is 1. The van der Waals surface area contributed by atoms with Crippen LogP contribution in [0.2, 0.25) is 0 Å². The second kappa shape index (κ2) is 8.84. The standard InChI is InChI=1S/C21H27N7O3/c1-26(2)19(30)12-31-15-6-4-14(5-7-15)24-16-10-18(29)27(3)17-11-23-21(25-20(16)17)28-9-8-22-13-28/h8-11,13-15,24H,4-7,12H2,1-3H3. The van der Waals surface area contributed by atoms with Gasteiger partial charge in [-0.05, 0) is 25.7 Å². The number of fused-ring (bicyclic) bond motifs is 1. The van der Waals surface area contributed by atoms with Gasteiger partial charge in [-0.25, -0.2) is 15.0 Å². The van der Waals surface area contributed by atoms with E-state index in [1.807, 2.05) is 0 Å². The number of carbonyl (C=O) groups excluding carboxylic acids is 1. The molecule has 1 saturated carbocycles. The highest BCUT2D eigenvalue weighted by Crippen LogP contribution is 2.27. The number of nitrogens with one attached hydrogen (secondary N) is 1. The van der Waals surface area contributed by atoms with E-state index in [9.17, 15) is 9.59 Å². The van der Waals surface area contributed by atoms with Gasteiger partial charge in [-0.2, -0.15) is 0 Å². The van der Waals surface area contributed by atoms with Gasteiger partial charge in [0.2, 0.25) is 11.9 Å². The number of aromatic nitrogens is 5. The first-order chi connectivity index (χ1) is 14.9. The molecule has 4 rings (SSSR count). The van der Waals surface area contributed by atoms with E-state index in [2.05, 4.69) is 20.3 Å². The molecule has 1 amide bonds. The molecule has 3 aromatic heterocycles. The third kappa shape index (κ3) is 4.58. The summed E-state index contributed by atoms with van der Waals surface area (Å²) < 4.78 is 9.04. The van der Waals surface area contributed by atoms with Gasteiger partial charge >= 0.3 is 0 Å². The smallest absolute Gasteiger partial charge is 0.252 e. The summed E-state index contributed by atoms with van der Waals surface area (Å²) in [5.74, 6) is 0.467. The van der Waals surface area contributed by atoms with Crippen LogP contribution >= 0.6 is 0 Å². The van der Waals surface area contributed by atoms with Crippen LogP contribution in [-0.4, -0.2) is 67.7 Å². The molecule has 31 heavy (non-hydrogen) atoms. The molecule has 0 saturated heterocycles. The third-order valence-electron chi connectivity index (χ3n) is 5.68. The molecule has 0 aliphatic heterocycles. The molecule has 10 heteroatoms. The highest BCUT2D eigenvalue weighted by Gasteiger charge is 2.23. The Morgan fingerprint density at radius 3 is 2.74 bits per heavy atom. The van der Waals surface area contributed by atoms with Crippen molar-refractivity contribution in [2.24, 2.45) is 7.05 Å². The molecular weight excluding hydrogens is 398 g/mol. The predicted molar refractivity (Wildman–Crippen MR) is 116 cm³/mol. The Morgan fingerprint density at radius 1 is 1.29 bits per heavy atom. The summed E-state index contributed by atoms with van der Waals surface area (Å²) in [4.78, 5) is 38.8. The van der Waals surface area contributed by atoms with E-state index in [1.165, 1.54) is 4.90 Å². The van der Waals surface area contributed by atoms with Gasteiger partial charge in [0.25, 0.3) is 5.56 Å². The SMILES string of the molecule is CN(C)C(=O)COC1CCC(Nc2cc(=O)n(C)c3cnc(-n4ccnc4)nc23)CC1. The van der Waals surface area contributed by atoms with Crippen molar-refractivity contribution >= 4 is 22.6 Å². The van der Waals surface area contributed by atoms with Gasteiger partial charge in [-0.1, -0.05) is 0 Å². The van der Waals surface area contributed by atoms with Gasteiger partial charge in [0.1, 0.15) is 18.5 Å². The highest BCUT2D eigenvalue weighted by molar-refractivity contribution is 5.87. The number of pyridine rings is 1. The number of imidazole rings is 1. The number of likely N-dealkylation sites (N-methyl/N-ethyl adjacent to an activating group) is 1. The summed E-state index contributed by atoms with van der Waals surface area (Å²) in [5.41, 5.74) is 1.94. The first-order valence-corrected chi connectivity index (χ1v) is 10.4. The minimum absolute atomic E-state index is 0.0276. The molecule has 0 radical (unpaired) electrons. The minimum Gasteiger partial charge on any atom is -0.380 e. The van der Waals surface area contributed by atoms with Crippen molar-refractivity contribution in [3.63, 3.8) is 0 Å². The quantitative estimate of drug-likeness (QED) is 0.635. The number of amides is 1. The summed E-state index contributed by atoms with van der Waals surface area (Å²) in [6, 6.07) is 1.79. The second-order valence-corrected chi connectivity index (χ2v) is 8.05. The molecule has 0 atom stereocenters. The van der Waals surface area contributed by atoms with Crippen molar-refractivity contribution in [3.05, 3.63) is 41.3 Å². The topological polar surface area (TPSA) is 107 Å². The van der Waals surface area contributed by atoms with Gasteiger partial charge in [0, 0.05) is 45.6 Å². The van der Waals surface area contributed by atoms with Gasteiger partial charge in [0.15, 0.2) is 0 Å². The molecule has 0 spiro atoms.